The number of hydrogen-bond donors (Lipinski definition) is 0. The summed E-state index contributed by atoms with van der Waals surface area (Å²) in [4.78, 5) is 0. The number of methoxy groups -OCH3 is 1. The van der Waals surface area contributed by atoms with Gasteiger partial charge in [0.25, 0.3) is 0 Å². The number of aryl methyl sites for hydroxylation is 1. The zero-order valence-corrected chi connectivity index (χ0v) is 11.7. The minimum atomic E-state index is 0.264. The van der Waals surface area contributed by atoms with Gasteiger partial charge in [0.15, 0.2) is 11.5 Å². The summed E-state index contributed by atoms with van der Waals surface area (Å²) < 4.78 is 16.7. The lowest BCUT2D eigenvalue weighted by molar-refractivity contribution is 0.380. The van der Waals surface area contributed by atoms with Crippen LogP contribution < -0.4 is 9.47 Å². The minimum absolute atomic E-state index is 0.264. The van der Waals surface area contributed by atoms with Crippen molar-refractivity contribution in [2.75, 3.05) is 7.11 Å². The van der Waals surface area contributed by atoms with E-state index in [-0.39, 0.29) is 5.76 Å². The van der Waals surface area contributed by atoms with Crippen molar-refractivity contribution in [2.24, 2.45) is 0 Å². The van der Waals surface area contributed by atoms with Gasteiger partial charge in [0.2, 0.25) is 5.76 Å². The van der Waals surface area contributed by atoms with Gasteiger partial charge in [0, 0.05) is 6.07 Å². The quantitative estimate of drug-likeness (QED) is 0.712. The fourth-order valence-electron chi connectivity index (χ4n) is 2.20. The van der Waals surface area contributed by atoms with E-state index in [1.54, 1.807) is 13.2 Å². The maximum atomic E-state index is 8.97. The summed E-state index contributed by atoms with van der Waals surface area (Å²) in [7, 11) is 1.60. The molecule has 0 radical (unpaired) electrons. The van der Waals surface area contributed by atoms with E-state index in [1.807, 2.05) is 49.4 Å². The average molecular weight is 279 g/mol. The van der Waals surface area contributed by atoms with Crippen LogP contribution in [-0.4, -0.2) is 7.11 Å². The third kappa shape index (κ3) is 2.41. The number of para-hydroxylation sites is 2. The van der Waals surface area contributed by atoms with Gasteiger partial charge < -0.3 is 13.9 Å². The summed E-state index contributed by atoms with van der Waals surface area (Å²) >= 11 is 0. The largest absolute Gasteiger partial charge is 0.493 e. The Morgan fingerprint density at radius 3 is 2.52 bits per heavy atom. The van der Waals surface area contributed by atoms with Gasteiger partial charge in [-0.3, -0.25) is 0 Å². The molecule has 0 N–H and O–H groups in total. The number of hydrogen-bond acceptors (Lipinski definition) is 4. The summed E-state index contributed by atoms with van der Waals surface area (Å²) in [5.74, 6) is 2.17. The first kappa shape index (κ1) is 13.1. The Kier molecular flexibility index (Phi) is 3.25. The van der Waals surface area contributed by atoms with Crippen molar-refractivity contribution in [1.82, 2.24) is 0 Å². The van der Waals surface area contributed by atoms with Crippen LogP contribution in [0.1, 0.15) is 11.3 Å². The van der Waals surface area contributed by atoms with Crippen LogP contribution in [0.15, 0.2) is 46.9 Å². The first-order chi connectivity index (χ1) is 10.2. The van der Waals surface area contributed by atoms with Crippen molar-refractivity contribution in [1.29, 1.82) is 5.26 Å². The number of rotatable bonds is 3. The van der Waals surface area contributed by atoms with Crippen LogP contribution in [0, 0.1) is 18.3 Å². The summed E-state index contributed by atoms with van der Waals surface area (Å²) in [6, 6.07) is 14.9. The predicted molar refractivity (Wildman–Crippen MR) is 78.7 cm³/mol. The second-order valence-electron chi connectivity index (χ2n) is 4.65. The van der Waals surface area contributed by atoms with Crippen LogP contribution in [0.2, 0.25) is 0 Å². The first-order valence-corrected chi connectivity index (χ1v) is 6.46. The van der Waals surface area contributed by atoms with Crippen LogP contribution in [0.5, 0.6) is 17.2 Å². The number of nitrogens with zero attached hydrogens (tertiary/aromatic N) is 1. The van der Waals surface area contributed by atoms with E-state index >= 15 is 0 Å². The Labute approximate surface area is 122 Å². The number of nitriles is 1. The van der Waals surface area contributed by atoms with Crippen molar-refractivity contribution in [3.8, 4) is 23.3 Å². The Morgan fingerprint density at radius 2 is 1.81 bits per heavy atom. The highest BCUT2D eigenvalue weighted by Gasteiger charge is 2.12. The molecule has 0 atom stereocenters. The van der Waals surface area contributed by atoms with Gasteiger partial charge in [-0.15, -0.1) is 0 Å². The maximum absolute atomic E-state index is 8.97. The molecule has 4 heteroatoms. The molecule has 3 aromatic rings. The van der Waals surface area contributed by atoms with Crippen LogP contribution in [0.4, 0.5) is 0 Å². The lowest BCUT2D eigenvalue weighted by Gasteiger charge is -2.11. The van der Waals surface area contributed by atoms with E-state index in [2.05, 4.69) is 0 Å². The highest BCUT2D eigenvalue weighted by Crippen LogP contribution is 2.36. The van der Waals surface area contributed by atoms with E-state index in [4.69, 9.17) is 19.2 Å². The smallest absolute Gasteiger partial charge is 0.204 e. The van der Waals surface area contributed by atoms with Gasteiger partial charge in [-0.2, -0.15) is 5.26 Å². The molecule has 1 heterocycles. The van der Waals surface area contributed by atoms with Gasteiger partial charge in [-0.25, -0.2) is 0 Å². The van der Waals surface area contributed by atoms with Crippen molar-refractivity contribution < 1.29 is 13.9 Å². The molecule has 0 bridgehead atoms. The van der Waals surface area contributed by atoms with Crippen molar-refractivity contribution in [2.45, 2.75) is 6.92 Å². The topological polar surface area (TPSA) is 55.4 Å². The summed E-state index contributed by atoms with van der Waals surface area (Å²) in [6.07, 6.45) is 0. The monoisotopic (exact) mass is 279 g/mol. The number of furan rings is 1. The number of ether oxygens (including phenoxy) is 2. The lowest BCUT2D eigenvalue weighted by Crippen LogP contribution is -1.90. The summed E-state index contributed by atoms with van der Waals surface area (Å²) in [6.45, 7) is 1.95. The Morgan fingerprint density at radius 1 is 1.05 bits per heavy atom. The zero-order chi connectivity index (χ0) is 14.8. The molecular formula is C17H13NO3. The van der Waals surface area contributed by atoms with Crippen molar-refractivity contribution >= 4 is 11.0 Å². The second-order valence-corrected chi connectivity index (χ2v) is 4.65. The van der Waals surface area contributed by atoms with Gasteiger partial charge in [0.05, 0.1) is 12.5 Å². The lowest BCUT2D eigenvalue weighted by atomic mass is 10.1. The molecule has 104 valence electrons. The normalized spacial score (nSPS) is 10.3. The third-order valence-corrected chi connectivity index (χ3v) is 3.14. The van der Waals surface area contributed by atoms with E-state index in [0.29, 0.717) is 22.8 Å². The van der Waals surface area contributed by atoms with E-state index in [1.165, 1.54) is 0 Å². The molecule has 0 aliphatic heterocycles. The molecule has 0 aliphatic carbocycles. The molecule has 0 spiro atoms. The van der Waals surface area contributed by atoms with Crippen LogP contribution in [-0.2, 0) is 0 Å². The highest BCUT2D eigenvalue weighted by atomic mass is 16.5. The SMILES string of the molecule is COc1ccccc1Oc1cc(C)cc2oc(C#N)cc12. The van der Waals surface area contributed by atoms with Crippen LogP contribution in [0.3, 0.4) is 0 Å². The van der Waals surface area contributed by atoms with Crippen LogP contribution in [0.25, 0.3) is 11.0 Å². The predicted octanol–water partition coefficient (Wildman–Crippen LogP) is 4.41. The molecule has 0 fully saturated rings. The fourth-order valence-corrected chi connectivity index (χ4v) is 2.20. The van der Waals surface area contributed by atoms with E-state index in [0.717, 1.165) is 10.9 Å². The zero-order valence-electron chi connectivity index (χ0n) is 11.7. The molecule has 21 heavy (non-hydrogen) atoms. The van der Waals surface area contributed by atoms with Gasteiger partial charge >= 0.3 is 0 Å². The second kappa shape index (κ2) is 5.22. The Bertz CT molecular complexity index is 843. The molecule has 0 saturated carbocycles. The fraction of sp³-hybridized carbons (Fsp3) is 0.118. The Balaban J connectivity index is 2.12. The van der Waals surface area contributed by atoms with Crippen LogP contribution >= 0.6 is 0 Å². The maximum Gasteiger partial charge on any atom is 0.204 e. The number of benzene rings is 2. The first-order valence-electron chi connectivity index (χ1n) is 6.46. The average Bonchev–Trinajstić information content (AvgIpc) is 2.91. The van der Waals surface area contributed by atoms with Gasteiger partial charge in [-0.05, 0) is 36.8 Å². The molecule has 3 rings (SSSR count). The van der Waals surface area contributed by atoms with Gasteiger partial charge in [0.1, 0.15) is 17.4 Å². The van der Waals surface area contributed by atoms with Crippen molar-refractivity contribution in [3.05, 3.63) is 53.8 Å². The minimum Gasteiger partial charge on any atom is -0.493 e. The number of fused-ring (bicyclic) bond motifs is 1. The summed E-state index contributed by atoms with van der Waals surface area (Å²) in [5, 5.41) is 9.73. The molecular weight excluding hydrogens is 266 g/mol. The summed E-state index contributed by atoms with van der Waals surface area (Å²) in [5.41, 5.74) is 1.63. The van der Waals surface area contributed by atoms with Crippen molar-refractivity contribution in [3.63, 3.8) is 0 Å². The van der Waals surface area contributed by atoms with Gasteiger partial charge in [-0.1, -0.05) is 12.1 Å². The molecule has 0 saturated heterocycles. The standard InChI is InChI=1S/C17H13NO3/c1-11-7-16-13(9-12(10-18)20-16)17(8-11)21-15-6-4-3-5-14(15)19-2/h3-9H,1-2H3. The third-order valence-electron chi connectivity index (χ3n) is 3.14. The highest BCUT2D eigenvalue weighted by molar-refractivity contribution is 5.86. The molecule has 4 nitrogen and oxygen atoms in total. The molecule has 0 unspecified atom stereocenters. The van der Waals surface area contributed by atoms with E-state index in [9.17, 15) is 0 Å². The van der Waals surface area contributed by atoms with E-state index < -0.39 is 0 Å². The molecule has 0 aliphatic rings. The molecule has 0 amide bonds. The molecule has 2 aromatic carbocycles. The Hall–Kier alpha value is -2.93. The molecule has 1 aromatic heterocycles.